The van der Waals surface area contributed by atoms with Gasteiger partial charge in [0.2, 0.25) is 0 Å². The number of aryl methyl sites for hydroxylation is 1. The predicted molar refractivity (Wildman–Crippen MR) is 60.6 cm³/mol. The highest BCUT2D eigenvalue weighted by molar-refractivity contribution is 9.09. The third kappa shape index (κ3) is 2.28. The molecule has 0 unspecified atom stereocenters. The molecule has 1 N–H and O–H groups in total. The quantitative estimate of drug-likeness (QED) is 0.861. The van der Waals surface area contributed by atoms with Gasteiger partial charge in [0.15, 0.2) is 0 Å². The van der Waals surface area contributed by atoms with Gasteiger partial charge in [-0.1, -0.05) is 33.6 Å². The van der Waals surface area contributed by atoms with Crippen LogP contribution in [0.2, 0.25) is 5.02 Å². The minimum Gasteiger partial charge on any atom is -0.478 e. The molecule has 1 aromatic carbocycles. The molecule has 76 valence electrons. The number of aromatic carboxylic acids is 1. The summed E-state index contributed by atoms with van der Waals surface area (Å²) in [6.45, 7) is 1.73. The Labute approximate surface area is 96.0 Å². The van der Waals surface area contributed by atoms with Crippen molar-refractivity contribution in [2.75, 3.05) is 5.33 Å². The third-order valence-corrected chi connectivity index (χ3v) is 2.98. The maximum atomic E-state index is 10.8. The van der Waals surface area contributed by atoms with Crippen molar-refractivity contribution < 1.29 is 9.90 Å². The van der Waals surface area contributed by atoms with Crippen LogP contribution < -0.4 is 0 Å². The van der Waals surface area contributed by atoms with E-state index in [0.717, 1.165) is 17.3 Å². The molecule has 14 heavy (non-hydrogen) atoms. The van der Waals surface area contributed by atoms with Crippen molar-refractivity contribution in [2.45, 2.75) is 13.3 Å². The first-order valence-corrected chi connectivity index (χ1v) is 5.65. The minimum atomic E-state index is -0.935. The summed E-state index contributed by atoms with van der Waals surface area (Å²) in [6, 6.07) is 3.36. The molecule has 0 atom stereocenters. The maximum Gasteiger partial charge on any atom is 0.336 e. The molecule has 1 aromatic rings. The topological polar surface area (TPSA) is 37.3 Å². The van der Waals surface area contributed by atoms with Crippen LogP contribution in [-0.2, 0) is 6.42 Å². The molecule has 0 saturated heterocycles. The van der Waals surface area contributed by atoms with Gasteiger partial charge in [-0.05, 0) is 30.5 Å². The minimum absolute atomic E-state index is 0.272. The van der Waals surface area contributed by atoms with E-state index in [1.807, 2.05) is 0 Å². The van der Waals surface area contributed by atoms with Crippen molar-refractivity contribution in [3.05, 3.63) is 33.8 Å². The molecule has 0 radical (unpaired) electrons. The van der Waals surface area contributed by atoms with Gasteiger partial charge in [-0.3, -0.25) is 0 Å². The van der Waals surface area contributed by atoms with E-state index in [9.17, 15) is 4.79 Å². The monoisotopic (exact) mass is 276 g/mol. The zero-order valence-corrected chi connectivity index (χ0v) is 10.0. The Balaban J connectivity index is 3.19. The molecule has 0 aliphatic rings. The van der Waals surface area contributed by atoms with Crippen molar-refractivity contribution in [3.8, 4) is 0 Å². The number of hydrogen-bond donors (Lipinski definition) is 1. The van der Waals surface area contributed by atoms with Crippen LogP contribution in [0.25, 0.3) is 0 Å². The Morgan fingerprint density at radius 1 is 1.57 bits per heavy atom. The van der Waals surface area contributed by atoms with E-state index in [-0.39, 0.29) is 5.56 Å². The highest BCUT2D eigenvalue weighted by Gasteiger charge is 2.12. The second-order valence-electron chi connectivity index (χ2n) is 2.96. The molecule has 0 aliphatic carbocycles. The fraction of sp³-hybridized carbons (Fsp3) is 0.300. The molecule has 0 heterocycles. The van der Waals surface area contributed by atoms with Crippen LogP contribution in [0.5, 0.6) is 0 Å². The Morgan fingerprint density at radius 3 is 2.71 bits per heavy atom. The SMILES string of the molecule is Cc1c(C(=O)O)ccc(CCBr)c1Cl. The number of hydrogen-bond acceptors (Lipinski definition) is 1. The Hall–Kier alpha value is -0.540. The first kappa shape index (κ1) is 11.5. The second-order valence-corrected chi connectivity index (χ2v) is 4.13. The molecule has 0 fully saturated rings. The van der Waals surface area contributed by atoms with Gasteiger partial charge in [0.1, 0.15) is 0 Å². The fourth-order valence-electron chi connectivity index (χ4n) is 1.27. The van der Waals surface area contributed by atoms with E-state index in [0.29, 0.717) is 10.6 Å². The fourth-order valence-corrected chi connectivity index (χ4v) is 1.95. The van der Waals surface area contributed by atoms with Crippen LogP contribution in [0.3, 0.4) is 0 Å². The largest absolute Gasteiger partial charge is 0.478 e. The molecular formula is C10H10BrClO2. The predicted octanol–water partition coefficient (Wildman–Crippen LogP) is 3.28. The lowest BCUT2D eigenvalue weighted by Crippen LogP contribution is -2.02. The van der Waals surface area contributed by atoms with Crippen LogP contribution in [0.4, 0.5) is 0 Å². The molecule has 0 bridgehead atoms. The van der Waals surface area contributed by atoms with Gasteiger partial charge in [-0.25, -0.2) is 4.79 Å². The van der Waals surface area contributed by atoms with E-state index in [2.05, 4.69) is 15.9 Å². The third-order valence-electron chi connectivity index (χ3n) is 2.06. The Morgan fingerprint density at radius 2 is 2.21 bits per heavy atom. The molecular weight excluding hydrogens is 267 g/mol. The van der Waals surface area contributed by atoms with Crippen molar-refractivity contribution in [1.29, 1.82) is 0 Å². The molecule has 4 heteroatoms. The molecule has 0 aliphatic heterocycles. The van der Waals surface area contributed by atoms with Crippen LogP contribution in [0.15, 0.2) is 12.1 Å². The summed E-state index contributed by atoms with van der Waals surface area (Å²) in [7, 11) is 0. The molecule has 0 saturated carbocycles. The van der Waals surface area contributed by atoms with E-state index >= 15 is 0 Å². The van der Waals surface area contributed by atoms with Crippen molar-refractivity contribution >= 4 is 33.5 Å². The second kappa shape index (κ2) is 4.80. The molecule has 0 spiro atoms. The normalized spacial score (nSPS) is 10.2. The van der Waals surface area contributed by atoms with Gasteiger partial charge in [0.25, 0.3) is 0 Å². The zero-order valence-electron chi connectivity index (χ0n) is 7.68. The van der Waals surface area contributed by atoms with Gasteiger partial charge < -0.3 is 5.11 Å². The smallest absolute Gasteiger partial charge is 0.336 e. The standard InChI is InChI=1S/C10H10BrClO2/c1-6-8(10(13)14)3-2-7(4-5-11)9(6)12/h2-3H,4-5H2,1H3,(H,13,14). The highest BCUT2D eigenvalue weighted by atomic mass is 79.9. The molecule has 0 aromatic heterocycles. The lowest BCUT2D eigenvalue weighted by molar-refractivity contribution is 0.0696. The number of benzene rings is 1. The number of carboxylic acid groups (broad SMARTS) is 1. The van der Waals surface area contributed by atoms with Crippen molar-refractivity contribution in [1.82, 2.24) is 0 Å². The van der Waals surface area contributed by atoms with E-state index in [4.69, 9.17) is 16.7 Å². The lowest BCUT2D eigenvalue weighted by atomic mass is 10.0. The number of carbonyl (C=O) groups is 1. The first-order chi connectivity index (χ1) is 6.57. The van der Waals surface area contributed by atoms with Crippen LogP contribution in [-0.4, -0.2) is 16.4 Å². The van der Waals surface area contributed by atoms with E-state index in [1.54, 1.807) is 19.1 Å². The lowest BCUT2D eigenvalue weighted by Gasteiger charge is -2.07. The average Bonchev–Trinajstić information content (AvgIpc) is 2.13. The number of halogens is 2. The first-order valence-electron chi connectivity index (χ1n) is 4.15. The summed E-state index contributed by atoms with van der Waals surface area (Å²) < 4.78 is 0. The molecule has 0 amide bonds. The van der Waals surface area contributed by atoms with E-state index in [1.165, 1.54) is 0 Å². The van der Waals surface area contributed by atoms with Gasteiger partial charge in [0, 0.05) is 10.4 Å². The van der Waals surface area contributed by atoms with Gasteiger partial charge in [0.05, 0.1) is 5.56 Å². The zero-order chi connectivity index (χ0) is 10.7. The number of rotatable bonds is 3. The summed E-state index contributed by atoms with van der Waals surface area (Å²) in [5, 5.41) is 10.2. The maximum absolute atomic E-state index is 10.8. The summed E-state index contributed by atoms with van der Waals surface area (Å²) in [4.78, 5) is 10.8. The van der Waals surface area contributed by atoms with Crippen molar-refractivity contribution in [3.63, 3.8) is 0 Å². The summed E-state index contributed by atoms with van der Waals surface area (Å²) >= 11 is 9.35. The van der Waals surface area contributed by atoms with Crippen LogP contribution >= 0.6 is 27.5 Å². The summed E-state index contributed by atoms with van der Waals surface area (Å²) in [5.41, 5.74) is 1.89. The summed E-state index contributed by atoms with van der Waals surface area (Å²) in [5.74, 6) is -0.935. The van der Waals surface area contributed by atoms with Gasteiger partial charge in [-0.2, -0.15) is 0 Å². The van der Waals surface area contributed by atoms with Crippen LogP contribution in [0.1, 0.15) is 21.5 Å². The Kier molecular flexibility index (Phi) is 3.96. The van der Waals surface area contributed by atoms with Gasteiger partial charge >= 0.3 is 5.97 Å². The van der Waals surface area contributed by atoms with Gasteiger partial charge in [-0.15, -0.1) is 0 Å². The molecule has 2 nitrogen and oxygen atoms in total. The highest BCUT2D eigenvalue weighted by Crippen LogP contribution is 2.24. The summed E-state index contributed by atoms with van der Waals surface area (Å²) in [6.07, 6.45) is 0.805. The Bertz CT molecular complexity index is 363. The number of alkyl halides is 1. The van der Waals surface area contributed by atoms with Crippen molar-refractivity contribution in [2.24, 2.45) is 0 Å². The molecule has 1 rings (SSSR count). The van der Waals surface area contributed by atoms with E-state index < -0.39 is 5.97 Å². The average molecular weight is 278 g/mol. The number of carboxylic acids is 1. The van der Waals surface area contributed by atoms with Crippen LogP contribution in [0, 0.1) is 6.92 Å².